The van der Waals surface area contributed by atoms with Gasteiger partial charge in [-0.05, 0) is 66.8 Å². The van der Waals surface area contributed by atoms with Crippen LogP contribution in [0.25, 0.3) is 22.1 Å². The van der Waals surface area contributed by atoms with Crippen LogP contribution in [0.3, 0.4) is 0 Å². The number of carbonyl (C=O) groups is 2. The molecule has 4 rings (SSSR count). The molecule has 216 valence electrons. The van der Waals surface area contributed by atoms with Crippen molar-refractivity contribution in [3.8, 4) is 16.9 Å². The maximum absolute atomic E-state index is 13.1. The molecule has 0 unspecified atom stereocenters. The van der Waals surface area contributed by atoms with Crippen molar-refractivity contribution in [2.75, 3.05) is 11.9 Å². The van der Waals surface area contributed by atoms with Gasteiger partial charge in [-0.1, -0.05) is 56.6 Å². The predicted molar refractivity (Wildman–Crippen MR) is 158 cm³/mol. The molecule has 9 nitrogen and oxygen atoms in total. The van der Waals surface area contributed by atoms with E-state index in [1.165, 1.54) is 12.1 Å². The number of rotatable bonds is 11. The molecule has 1 heterocycles. The Labute approximate surface area is 243 Å². The van der Waals surface area contributed by atoms with E-state index in [1.807, 2.05) is 6.92 Å². The molecule has 0 saturated carbocycles. The monoisotopic (exact) mass is 598 g/mol. The molecule has 0 radical (unpaired) electrons. The van der Waals surface area contributed by atoms with Gasteiger partial charge in [0.15, 0.2) is 5.76 Å². The lowest BCUT2D eigenvalue weighted by atomic mass is 10.1. The normalized spacial score (nSPS) is 12.4. The number of anilines is 1. The number of benzene rings is 3. The number of nitrogens with one attached hydrogen (secondary N) is 2. The van der Waals surface area contributed by atoms with Gasteiger partial charge in [-0.15, -0.1) is 0 Å². The minimum atomic E-state index is -4.02. The Bertz CT molecular complexity index is 1680. The second kappa shape index (κ2) is 12.3. The fourth-order valence-electron chi connectivity index (χ4n) is 4.31. The summed E-state index contributed by atoms with van der Waals surface area (Å²) >= 11 is 6.35. The van der Waals surface area contributed by atoms with Crippen LogP contribution in [0.1, 0.15) is 43.3 Å². The van der Waals surface area contributed by atoms with Crippen LogP contribution in [0.4, 0.5) is 5.69 Å². The summed E-state index contributed by atoms with van der Waals surface area (Å²) in [5.41, 5.74) is 3.19. The number of aryl methyl sites for hydroxylation is 1. The predicted octanol–water partition coefficient (Wildman–Crippen LogP) is 6.49. The summed E-state index contributed by atoms with van der Waals surface area (Å²) in [6.07, 6.45) is 0.804. The highest BCUT2D eigenvalue weighted by Gasteiger charge is 2.28. The van der Waals surface area contributed by atoms with Crippen LogP contribution >= 0.6 is 11.6 Å². The number of hydrogen-bond donors (Lipinski definition) is 3. The summed E-state index contributed by atoms with van der Waals surface area (Å²) in [6.45, 7) is 7.51. The number of carboxylic acid groups (broad SMARTS) is 1. The number of hydrogen-bond acceptors (Lipinski definition) is 6. The second-order valence-electron chi connectivity index (χ2n) is 9.89. The molecule has 41 heavy (non-hydrogen) atoms. The van der Waals surface area contributed by atoms with E-state index in [2.05, 4.69) is 10.0 Å². The van der Waals surface area contributed by atoms with E-state index in [-0.39, 0.29) is 10.7 Å². The minimum absolute atomic E-state index is 0.0391. The topological polar surface area (TPSA) is 135 Å². The number of furan rings is 1. The van der Waals surface area contributed by atoms with Crippen molar-refractivity contribution in [3.63, 3.8) is 0 Å². The average Bonchev–Trinajstić information content (AvgIpc) is 3.28. The summed E-state index contributed by atoms with van der Waals surface area (Å²) in [5, 5.41) is 13.3. The molecule has 0 spiro atoms. The van der Waals surface area contributed by atoms with Gasteiger partial charge in [0, 0.05) is 11.3 Å². The van der Waals surface area contributed by atoms with E-state index in [1.54, 1.807) is 69.3 Å². The molecular weight excluding hydrogens is 568 g/mol. The Kier molecular flexibility index (Phi) is 9.06. The molecule has 11 heteroatoms. The van der Waals surface area contributed by atoms with Crippen molar-refractivity contribution in [3.05, 3.63) is 77.0 Å². The SMILES string of the molecule is CCCOc1c(Cl)ccc2oc(C(=O)Nc3ccc(-c4ccc(S(=O)(=O)N[C@H](C(=O)O)C(C)C)cc4)cc3)c(C)c12. The number of carbonyl (C=O) groups excluding carboxylic acids is 1. The first-order chi connectivity index (χ1) is 19.4. The summed E-state index contributed by atoms with van der Waals surface area (Å²) in [6, 6.07) is 15.3. The van der Waals surface area contributed by atoms with Crippen LogP contribution in [0.5, 0.6) is 5.75 Å². The van der Waals surface area contributed by atoms with Gasteiger partial charge in [0.2, 0.25) is 10.0 Å². The highest BCUT2D eigenvalue weighted by Crippen LogP contribution is 2.39. The fraction of sp³-hybridized carbons (Fsp3) is 0.267. The lowest BCUT2D eigenvalue weighted by molar-refractivity contribution is -0.140. The Balaban J connectivity index is 1.49. The largest absolute Gasteiger partial charge is 0.491 e. The molecule has 3 aromatic carbocycles. The van der Waals surface area contributed by atoms with Gasteiger partial charge in [0.05, 0.1) is 21.9 Å². The first-order valence-corrected chi connectivity index (χ1v) is 14.9. The Morgan fingerprint density at radius 3 is 2.17 bits per heavy atom. The van der Waals surface area contributed by atoms with Gasteiger partial charge >= 0.3 is 5.97 Å². The molecule has 0 fully saturated rings. The number of ether oxygens (including phenoxy) is 1. The summed E-state index contributed by atoms with van der Waals surface area (Å²) < 4.78 is 39.3. The summed E-state index contributed by atoms with van der Waals surface area (Å²) in [7, 11) is -4.02. The molecule has 0 saturated heterocycles. The highest BCUT2D eigenvalue weighted by molar-refractivity contribution is 7.89. The lowest BCUT2D eigenvalue weighted by Gasteiger charge is -2.18. The average molecular weight is 599 g/mol. The van der Waals surface area contributed by atoms with Crippen molar-refractivity contribution in [2.45, 2.75) is 45.1 Å². The maximum atomic E-state index is 13.1. The van der Waals surface area contributed by atoms with Gasteiger partial charge in [-0.2, -0.15) is 4.72 Å². The highest BCUT2D eigenvalue weighted by atomic mass is 35.5. The molecule has 0 aliphatic rings. The van der Waals surface area contributed by atoms with Gasteiger partial charge in [-0.25, -0.2) is 8.42 Å². The van der Waals surface area contributed by atoms with E-state index >= 15 is 0 Å². The van der Waals surface area contributed by atoms with Crippen LogP contribution in [-0.4, -0.2) is 38.0 Å². The lowest BCUT2D eigenvalue weighted by Crippen LogP contribution is -2.44. The molecule has 4 aromatic rings. The van der Waals surface area contributed by atoms with E-state index < -0.39 is 33.9 Å². The quantitative estimate of drug-likeness (QED) is 0.179. The zero-order valence-corrected chi connectivity index (χ0v) is 24.6. The zero-order valence-electron chi connectivity index (χ0n) is 23.0. The van der Waals surface area contributed by atoms with Crippen molar-refractivity contribution >= 4 is 50.2 Å². The van der Waals surface area contributed by atoms with Crippen LogP contribution in [0.15, 0.2) is 70.0 Å². The van der Waals surface area contributed by atoms with E-state index in [0.717, 1.165) is 17.5 Å². The molecule has 3 N–H and O–H groups in total. The molecule has 0 aliphatic heterocycles. The van der Waals surface area contributed by atoms with Gasteiger partial charge in [0.1, 0.15) is 17.4 Å². The number of amides is 1. The summed E-state index contributed by atoms with van der Waals surface area (Å²) in [5.74, 6) is -1.44. The molecular formula is C30H31ClN2O7S. The van der Waals surface area contributed by atoms with E-state index in [4.69, 9.17) is 20.8 Å². The summed E-state index contributed by atoms with van der Waals surface area (Å²) in [4.78, 5) is 24.5. The third-order valence-corrected chi connectivity index (χ3v) is 8.27. The van der Waals surface area contributed by atoms with Crippen molar-refractivity contribution in [2.24, 2.45) is 5.92 Å². The van der Waals surface area contributed by atoms with E-state index in [0.29, 0.717) is 39.6 Å². The van der Waals surface area contributed by atoms with Crippen LogP contribution in [-0.2, 0) is 14.8 Å². The Hall–Kier alpha value is -3.86. The molecule has 1 aromatic heterocycles. The first-order valence-electron chi connectivity index (χ1n) is 13.0. The third-order valence-electron chi connectivity index (χ3n) is 6.51. The van der Waals surface area contributed by atoms with Crippen molar-refractivity contribution in [1.29, 1.82) is 0 Å². The van der Waals surface area contributed by atoms with Gasteiger partial charge in [0.25, 0.3) is 5.91 Å². The maximum Gasteiger partial charge on any atom is 0.322 e. The Morgan fingerprint density at radius 2 is 1.61 bits per heavy atom. The van der Waals surface area contributed by atoms with Crippen molar-refractivity contribution < 1.29 is 32.3 Å². The number of aliphatic carboxylic acids is 1. The van der Waals surface area contributed by atoms with Crippen LogP contribution < -0.4 is 14.8 Å². The minimum Gasteiger partial charge on any atom is -0.491 e. The van der Waals surface area contributed by atoms with Gasteiger partial charge in [-0.3, -0.25) is 9.59 Å². The molecule has 1 atom stereocenters. The van der Waals surface area contributed by atoms with Crippen molar-refractivity contribution in [1.82, 2.24) is 4.72 Å². The molecule has 0 bridgehead atoms. The fourth-order valence-corrected chi connectivity index (χ4v) is 5.86. The molecule has 1 amide bonds. The zero-order chi connectivity index (χ0) is 29.9. The number of fused-ring (bicyclic) bond motifs is 1. The molecule has 0 aliphatic carbocycles. The smallest absolute Gasteiger partial charge is 0.322 e. The van der Waals surface area contributed by atoms with Crippen LogP contribution in [0, 0.1) is 12.8 Å². The first kappa shape index (κ1) is 30.1. The third kappa shape index (κ3) is 6.56. The Morgan fingerprint density at radius 1 is 1.00 bits per heavy atom. The number of carboxylic acids is 1. The number of halogens is 1. The van der Waals surface area contributed by atoms with E-state index in [9.17, 15) is 23.1 Å². The standard InChI is InChI=1S/C30H31ClN2O7S/c1-5-16-39-28-23(31)14-15-24-25(28)18(4)27(40-24)29(34)32-21-10-6-19(7-11-21)20-8-12-22(13-9-20)41(37,38)33-26(17(2)3)30(35)36/h6-15,17,26,33H,5,16H2,1-4H3,(H,32,34)(H,35,36)/t26-/m0/s1. The van der Waals surface area contributed by atoms with Crippen LogP contribution in [0.2, 0.25) is 5.02 Å². The second-order valence-corrected chi connectivity index (χ2v) is 12.0. The number of sulfonamides is 1. The van der Waals surface area contributed by atoms with Gasteiger partial charge < -0.3 is 19.6 Å².